The molecule has 0 amide bonds. The molecule has 0 spiro atoms. The smallest absolute Gasteiger partial charge is 0.0734 e. The van der Waals surface area contributed by atoms with E-state index in [4.69, 9.17) is 0 Å². The Morgan fingerprint density at radius 3 is 1.63 bits per heavy atom. The molecule has 0 saturated carbocycles. The molecule has 228 valence electrons. The lowest BCUT2D eigenvalue weighted by Crippen LogP contribution is -1.92. The SMILES string of the molecule is c1ccc(-c2sc(-c3ccccc3)c3c2c2cccc4c5cc(-c6ccc7c(c6)c6ccccc6n7-c6ccccc6)ccc5n3c42)cc1. The minimum Gasteiger partial charge on any atom is -0.309 e. The molecule has 3 heteroatoms. The molecule has 0 aliphatic heterocycles. The van der Waals surface area contributed by atoms with Gasteiger partial charge in [-0.3, -0.25) is 0 Å². The molecule has 2 nitrogen and oxygen atoms in total. The normalized spacial score (nSPS) is 12.1. The van der Waals surface area contributed by atoms with Crippen LogP contribution in [0.25, 0.3) is 97.6 Å². The Hall–Kier alpha value is -6.16. The van der Waals surface area contributed by atoms with E-state index in [0.717, 1.165) is 0 Å². The third-order valence-corrected chi connectivity index (χ3v) is 11.5. The maximum atomic E-state index is 2.54. The van der Waals surface area contributed by atoms with E-state index in [0.29, 0.717) is 0 Å². The van der Waals surface area contributed by atoms with Gasteiger partial charge in [-0.15, -0.1) is 11.3 Å². The summed E-state index contributed by atoms with van der Waals surface area (Å²) >= 11 is 1.91. The summed E-state index contributed by atoms with van der Waals surface area (Å²) in [6.45, 7) is 0. The summed E-state index contributed by atoms with van der Waals surface area (Å²) in [7, 11) is 0. The summed E-state index contributed by atoms with van der Waals surface area (Å²) < 4.78 is 4.92. The van der Waals surface area contributed by atoms with E-state index in [2.05, 4.69) is 179 Å². The molecule has 0 radical (unpaired) electrons. The van der Waals surface area contributed by atoms with Crippen LogP contribution >= 0.6 is 11.3 Å². The topological polar surface area (TPSA) is 9.34 Å². The van der Waals surface area contributed by atoms with Crippen molar-refractivity contribution in [3.8, 4) is 37.7 Å². The van der Waals surface area contributed by atoms with Gasteiger partial charge in [0.25, 0.3) is 0 Å². The first kappa shape index (κ1) is 26.9. The van der Waals surface area contributed by atoms with E-state index in [1.165, 1.54) is 97.6 Å². The minimum absolute atomic E-state index is 1.18. The molecule has 0 atom stereocenters. The van der Waals surface area contributed by atoms with Crippen molar-refractivity contribution < 1.29 is 0 Å². The molecule has 11 rings (SSSR count). The summed E-state index contributed by atoms with van der Waals surface area (Å²) in [6, 6.07) is 62.1. The summed E-state index contributed by atoms with van der Waals surface area (Å²) in [5, 5.41) is 7.80. The third kappa shape index (κ3) is 3.76. The van der Waals surface area contributed by atoms with Crippen LogP contribution in [0.4, 0.5) is 0 Å². The van der Waals surface area contributed by atoms with Crippen LogP contribution in [0, 0.1) is 0 Å². The first-order valence-electron chi connectivity index (χ1n) is 16.8. The van der Waals surface area contributed by atoms with Crippen LogP contribution in [0.3, 0.4) is 0 Å². The standard InChI is InChI=1S/C46H28N2S/c1-4-13-29(14-5-1)45-42-36-21-12-20-35-38-28-32(24-26-41(38)48(43(35)36)44(42)46(49-45)30-15-6-2-7-16-30)31-23-25-40-37(27-31)34-19-10-11-22-39(34)47(40)33-17-8-3-9-18-33/h1-28H. The lowest BCUT2D eigenvalue weighted by molar-refractivity contribution is 1.18. The quantitative estimate of drug-likeness (QED) is 0.181. The van der Waals surface area contributed by atoms with Gasteiger partial charge in [-0.25, -0.2) is 0 Å². The van der Waals surface area contributed by atoms with Crippen molar-refractivity contribution in [3.63, 3.8) is 0 Å². The van der Waals surface area contributed by atoms with Crippen LogP contribution in [0.2, 0.25) is 0 Å². The van der Waals surface area contributed by atoms with Gasteiger partial charge < -0.3 is 8.97 Å². The zero-order chi connectivity index (χ0) is 32.1. The van der Waals surface area contributed by atoms with Gasteiger partial charge in [-0.1, -0.05) is 127 Å². The van der Waals surface area contributed by atoms with Crippen molar-refractivity contribution in [2.24, 2.45) is 0 Å². The maximum absolute atomic E-state index is 2.54. The van der Waals surface area contributed by atoms with Crippen molar-refractivity contribution in [2.45, 2.75) is 0 Å². The zero-order valence-corrected chi connectivity index (χ0v) is 27.3. The van der Waals surface area contributed by atoms with E-state index in [-0.39, 0.29) is 0 Å². The molecule has 49 heavy (non-hydrogen) atoms. The molecule has 0 aliphatic carbocycles. The predicted molar refractivity (Wildman–Crippen MR) is 210 cm³/mol. The van der Waals surface area contributed by atoms with Gasteiger partial charge in [-0.05, 0) is 64.7 Å². The second kappa shape index (κ2) is 10.2. The van der Waals surface area contributed by atoms with Crippen LogP contribution in [-0.2, 0) is 0 Å². The first-order chi connectivity index (χ1) is 24.3. The van der Waals surface area contributed by atoms with Crippen LogP contribution < -0.4 is 0 Å². The first-order valence-corrected chi connectivity index (χ1v) is 17.6. The number of hydrogen-bond donors (Lipinski definition) is 0. The zero-order valence-electron chi connectivity index (χ0n) is 26.5. The van der Waals surface area contributed by atoms with Crippen LogP contribution in [0.15, 0.2) is 170 Å². The summed E-state index contributed by atoms with van der Waals surface area (Å²) in [5.41, 5.74) is 12.5. The summed E-state index contributed by atoms with van der Waals surface area (Å²) in [5.74, 6) is 0. The molecular formula is C46H28N2S. The van der Waals surface area contributed by atoms with Gasteiger partial charge in [-0.2, -0.15) is 0 Å². The largest absolute Gasteiger partial charge is 0.309 e. The molecule has 4 heterocycles. The molecular weight excluding hydrogens is 613 g/mol. The van der Waals surface area contributed by atoms with E-state index in [1.807, 2.05) is 11.3 Å². The third-order valence-electron chi connectivity index (χ3n) is 10.3. The Kier molecular flexibility index (Phi) is 5.57. The molecule has 4 aromatic heterocycles. The molecule has 0 fully saturated rings. The fraction of sp³-hybridized carbons (Fsp3) is 0. The number of nitrogens with zero attached hydrogens (tertiary/aromatic N) is 2. The Morgan fingerprint density at radius 1 is 0.347 bits per heavy atom. The Bertz CT molecular complexity index is 3020. The monoisotopic (exact) mass is 640 g/mol. The molecule has 7 aromatic carbocycles. The Labute approximate surface area is 286 Å². The molecule has 0 aliphatic rings. The predicted octanol–water partition coefficient (Wildman–Crippen LogP) is 13.0. The molecule has 0 saturated heterocycles. The fourth-order valence-electron chi connectivity index (χ4n) is 8.15. The summed E-state index contributed by atoms with van der Waals surface area (Å²) in [4.78, 5) is 2.65. The van der Waals surface area contributed by atoms with E-state index in [9.17, 15) is 0 Å². The number of aromatic nitrogens is 2. The highest BCUT2D eigenvalue weighted by molar-refractivity contribution is 7.21. The second-order valence-corrected chi connectivity index (χ2v) is 13.9. The number of thiophene rings is 1. The van der Waals surface area contributed by atoms with Gasteiger partial charge >= 0.3 is 0 Å². The molecule has 11 aromatic rings. The minimum atomic E-state index is 1.18. The number of fused-ring (bicyclic) bond motifs is 9. The van der Waals surface area contributed by atoms with Gasteiger partial charge in [0.15, 0.2) is 0 Å². The number of para-hydroxylation sites is 3. The van der Waals surface area contributed by atoms with Crippen molar-refractivity contribution >= 4 is 71.2 Å². The van der Waals surface area contributed by atoms with Crippen molar-refractivity contribution in [1.82, 2.24) is 8.97 Å². The number of hydrogen-bond acceptors (Lipinski definition) is 1. The van der Waals surface area contributed by atoms with Gasteiger partial charge in [0.2, 0.25) is 0 Å². The Morgan fingerprint density at radius 2 is 0.898 bits per heavy atom. The molecule has 0 N–H and O–H groups in total. The van der Waals surface area contributed by atoms with Gasteiger partial charge in [0.1, 0.15) is 0 Å². The Balaban J connectivity index is 1.17. The van der Waals surface area contributed by atoms with E-state index >= 15 is 0 Å². The molecule has 0 unspecified atom stereocenters. The number of rotatable bonds is 4. The van der Waals surface area contributed by atoms with Crippen molar-refractivity contribution in [2.75, 3.05) is 0 Å². The maximum Gasteiger partial charge on any atom is 0.0734 e. The molecule has 0 bridgehead atoms. The fourth-order valence-corrected chi connectivity index (χ4v) is 9.46. The summed E-state index contributed by atoms with van der Waals surface area (Å²) in [6.07, 6.45) is 0. The average Bonchev–Trinajstić information content (AvgIpc) is 3.91. The van der Waals surface area contributed by atoms with E-state index in [1.54, 1.807) is 0 Å². The van der Waals surface area contributed by atoms with Gasteiger partial charge in [0.05, 0.1) is 32.5 Å². The lowest BCUT2D eigenvalue weighted by atomic mass is 10.00. The van der Waals surface area contributed by atoms with E-state index < -0.39 is 0 Å². The van der Waals surface area contributed by atoms with Crippen LogP contribution in [0.5, 0.6) is 0 Å². The highest BCUT2D eigenvalue weighted by Crippen LogP contribution is 2.51. The lowest BCUT2D eigenvalue weighted by Gasteiger charge is -2.08. The van der Waals surface area contributed by atoms with Crippen molar-refractivity contribution in [3.05, 3.63) is 170 Å². The number of benzene rings is 7. The van der Waals surface area contributed by atoms with Gasteiger partial charge in [0, 0.05) is 42.9 Å². The van der Waals surface area contributed by atoms with Crippen molar-refractivity contribution in [1.29, 1.82) is 0 Å². The highest BCUT2D eigenvalue weighted by Gasteiger charge is 2.25. The van der Waals surface area contributed by atoms with Crippen LogP contribution in [0.1, 0.15) is 0 Å². The second-order valence-electron chi connectivity index (χ2n) is 12.9. The highest BCUT2D eigenvalue weighted by atomic mass is 32.1. The average molecular weight is 641 g/mol. The van der Waals surface area contributed by atoms with Crippen LogP contribution in [-0.4, -0.2) is 8.97 Å².